The molecule has 2 rings (SSSR count). The van der Waals surface area contributed by atoms with E-state index in [9.17, 15) is 8.42 Å². The fraction of sp³-hybridized carbons (Fsp3) is 0.667. The molecule has 1 aromatic rings. The van der Waals surface area contributed by atoms with Gasteiger partial charge in [-0.25, -0.2) is 13.1 Å². The molecule has 0 aliphatic heterocycles. The van der Waals surface area contributed by atoms with Crippen LogP contribution in [0.25, 0.3) is 0 Å². The van der Waals surface area contributed by atoms with Crippen molar-refractivity contribution in [1.29, 1.82) is 0 Å². The Hall–Kier alpha value is 0.380. The van der Waals surface area contributed by atoms with Crippen LogP contribution in [0.4, 0.5) is 0 Å². The van der Waals surface area contributed by atoms with Gasteiger partial charge in [-0.15, -0.1) is 11.3 Å². The van der Waals surface area contributed by atoms with Gasteiger partial charge < -0.3 is 0 Å². The van der Waals surface area contributed by atoms with E-state index in [1.807, 2.05) is 0 Å². The Kier molecular flexibility index (Phi) is 4.99. The molecule has 0 bridgehead atoms. The molecule has 0 saturated heterocycles. The quantitative estimate of drug-likeness (QED) is 0.840. The zero-order valence-corrected chi connectivity index (χ0v) is 14.8. The average Bonchev–Trinajstić information content (AvgIpc) is 2.85. The molecule has 1 saturated carbocycles. The lowest BCUT2D eigenvalue weighted by Gasteiger charge is -2.20. The summed E-state index contributed by atoms with van der Waals surface area (Å²) in [5.74, 6) is 1.00. The molecule has 1 N–H and O–H groups in total. The number of hydrogen-bond acceptors (Lipinski definition) is 3. The van der Waals surface area contributed by atoms with Crippen molar-refractivity contribution >= 4 is 48.9 Å². The lowest BCUT2D eigenvalue weighted by molar-refractivity contribution is 0.369. The summed E-state index contributed by atoms with van der Waals surface area (Å²) in [4.78, 5) is 0. The van der Waals surface area contributed by atoms with Gasteiger partial charge in [0.1, 0.15) is 4.21 Å². The third-order valence-electron chi connectivity index (χ3n) is 3.95. The largest absolute Gasteiger partial charge is 0.250 e. The van der Waals surface area contributed by atoms with E-state index in [2.05, 4.69) is 34.5 Å². The maximum Gasteiger partial charge on any atom is 0.250 e. The SMILES string of the molecule is CCC1CCC(NS(=O)(=O)c2cc(Cl)c(Br)s2)C1C. The first kappa shape index (κ1) is 15.8. The molecule has 108 valence electrons. The maximum absolute atomic E-state index is 12.3. The zero-order chi connectivity index (χ0) is 14.2. The van der Waals surface area contributed by atoms with Crippen LogP contribution in [0.15, 0.2) is 14.1 Å². The Bertz CT molecular complexity index is 539. The topological polar surface area (TPSA) is 46.2 Å². The molecule has 0 spiro atoms. The van der Waals surface area contributed by atoms with Gasteiger partial charge >= 0.3 is 0 Å². The number of halogens is 2. The minimum absolute atomic E-state index is 0.0367. The van der Waals surface area contributed by atoms with Crippen molar-refractivity contribution in [3.8, 4) is 0 Å². The maximum atomic E-state index is 12.3. The van der Waals surface area contributed by atoms with Crippen molar-refractivity contribution in [3.05, 3.63) is 14.9 Å². The molecule has 3 unspecified atom stereocenters. The summed E-state index contributed by atoms with van der Waals surface area (Å²) in [7, 11) is -3.46. The lowest BCUT2D eigenvalue weighted by atomic mass is 9.94. The molecule has 3 atom stereocenters. The summed E-state index contributed by atoms with van der Waals surface area (Å²) in [5, 5.41) is 0.441. The van der Waals surface area contributed by atoms with Crippen LogP contribution in [-0.2, 0) is 10.0 Å². The highest BCUT2D eigenvalue weighted by Crippen LogP contribution is 2.37. The predicted molar refractivity (Wildman–Crippen MR) is 83.3 cm³/mol. The lowest BCUT2D eigenvalue weighted by Crippen LogP contribution is -2.37. The molecule has 1 aliphatic rings. The summed E-state index contributed by atoms with van der Waals surface area (Å²) >= 11 is 10.3. The second kappa shape index (κ2) is 6.02. The minimum atomic E-state index is -3.46. The molecular formula is C12H17BrClNO2S2. The predicted octanol–water partition coefficient (Wildman–Crippen LogP) is 4.27. The van der Waals surface area contributed by atoms with Gasteiger partial charge in [0.25, 0.3) is 0 Å². The van der Waals surface area contributed by atoms with Crippen LogP contribution < -0.4 is 4.72 Å². The van der Waals surface area contributed by atoms with Crippen molar-refractivity contribution in [2.45, 2.75) is 43.4 Å². The summed E-state index contributed by atoms with van der Waals surface area (Å²) in [6.07, 6.45) is 3.12. The summed E-state index contributed by atoms with van der Waals surface area (Å²) in [6, 6.07) is 1.53. The van der Waals surface area contributed by atoms with E-state index >= 15 is 0 Å². The van der Waals surface area contributed by atoms with E-state index in [-0.39, 0.29) is 10.3 Å². The Morgan fingerprint density at radius 1 is 1.53 bits per heavy atom. The molecule has 3 nitrogen and oxygen atoms in total. The van der Waals surface area contributed by atoms with Crippen molar-refractivity contribution in [1.82, 2.24) is 4.72 Å². The van der Waals surface area contributed by atoms with Crippen LogP contribution in [0.5, 0.6) is 0 Å². The average molecular weight is 387 g/mol. The fourth-order valence-electron chi connectivity index (χ4n) is 2.71. The molecule has 1 aliphatic carbocycles. The van der Waals surface area contributed by atoms with Gasteiger partial charge in [-0.05, 0) is 46.7 Å². The van der Waals surface area contributed by atoms with Gasteiger partial charge in [0.2, 0.25) is 10.0 Å². The first-order valence-electron chi connectivity index (χ1n) is 6.32. The van der Waals surface area contributed by atoms with E-state index in [0.29, 0.717) is 20.6 Å². The number of sulfonamides is 1. The van der Waals surface area contributed by atoms with Gasteiger partial charge in [0.15, 0.2) is 0 Å². The van der Waals surface area contributed by atoms with Gasteiger partial charge in [0.05, 0.1) is 8.81 Å². The van der Waals surface area contributed by atoms with E-state index in [1.165, 1.54) is 6.07 Å². The van der Waals surface area contributed by atoms with Crippen LogP contribution in [0.3, 0.4) is 0 Å². The van der Waals surface area contributed by atoms with Gasteiger partial charge in [0, 0.05) is 6.04 Å². The highest BCUT2D eigenvalue weighted by atomic mass is 79.9. The van der Waals surface area contributed by atoms with Crippen molar-refractivity contribution in [2.75, 3.05) is 0 Å². The van der Waals surface area contributed by atoms with Crippen LogP contribution >= 0.6 is 38.9 Å². The molecule has 1 fully saturated rings. The minimum Gasteiger partial charge on any atom is -0.207 e. The van der Waals surface area contributed by atoms with E-state index < -0.39 is 10.0 Å². The number of hydrogen-bond donors (Lipinski definition) is 1. The molecule has 1 aromatic heterocycles. The molecule has 0 aromatic carbocycles. The zero-order valence-electron chi connectivity index (χ0n) is 10.8. The van der Waals surface area contributed by atoms with Crippen LogP contribution in [-0.4, -0.2) is 14.5 Å². The monoisotopic (exact) mass is 385 g/mol. The highest BCUT2D eigenvalue weighted by Gasteiger charge is 2.34. The third-order valence-corrected chi connectivity index (χ3v) is 8.38. The summed E-state index contributed by atoms with van der Waals surface area (Å²) in [6.45, 7) is 4.29. The van der Waals surface area contributed by atoms with Gasteiger partial charge in [-0.3, -0.25) is 0 Å². The molecule has 19 heavy (non-hydrogen) atoms. The van der Waals surface area contributed by atoms with Crippen LogP contribution in [0.2, 0.25) is 5.02 Å². The first-order valence-corrected chi connectivity index (χ1v) is 9.79. The number of rotatable bonds is 4. The fourth-order valence-corrected chi connectivity index (χ4v) is 6.48. The number of nitrogens with one attached hydrogen (secondary N) is 1. The Balaban J connectivity index is 2.14. The van der Waals surface area contributed by atoms with Crippen molar-refractivity contribution < 1.29 is 8.42 Å². The summed E-state index contributed by atoms with van der Waals surface area (Å²) < 4.78 is 28.4. The first-order chi connectivity index (χ1) is 8.85. The Labute approximate surface area is 131 Å². The number of thiophene rings is 1. The summed E-state index contributed by atoms with van der Waals surface area (Å²) in [5.41, 5.74) is 0. The van der Waals surface area contributed by atoms with E-state index in [0.717, 1.165) is 30.6 Å². The Morgan fingerprint density at radius 2 is 2.21 bits per heavy atom. The molecule has 1 heterocycles. The molecule has 0 radical (unpaired) electrons. The van der Waals surface area contributed by atoms with Crippen molar-refractivity contribution in [2.24, 2.45) is 11.8 Å². The van der Waals surface area contributed by atoms with E-state index in [4.69, 9.17) is 11.6 Å². The third kappa shape index (κ3) is 3.35. The molecule has 0 amide bonds. The van der Waals surface area contributed by atoms with Crippen LogP contribution in [0.1, 0.15) is 33.1 Å². The standard InChI is InChI=1S/C12H17BrClNO2S2/c1-3-8-4-5-10(7(8)2)15-19(16,17)11-6-9(14)12(13)18-11/h6-8,10,15H,3-5H2,1-2H3. The van der Waals surface area contributed by atoms with Crippen molar-refractivity contribution in [3.63, 3.8) is 0 Å². The highest BCUT2D eigenvalue weighted by molar-refractivity contribution is 9.11. The normalized spacial score (nSPS) is 27.9. The van der Waals surface area contributed by atoms with Gasteiger partial charge in [-0.2, -0.15) is 0 Å². The second-order valence-electron chi connectivity index (χ2n) is 5.02. The molecule has 7 heteroatoms. The van der Waals surface area contributed by atoms with Crippen LogP contribution in [0, 0.1) is 11.8 Å². The Morgan fingerprint density at radius 3 is 2.68 bits per heavy atom. The molecular weight excluding hydrogens is 370 g/mol. The smallest absolute Gasteiger partial charge is 0.207 e. The van der Waals surface area contributed by atoms with Gasteiger partial charge in [-0.1, -0.05) is 31.9 Å². The second-order valence-corrected chi connectivity index (χ2v) is 9.74. The van der Waals surface area contributed by atoms with E-state index in [1.54, 1.807) is 0 Å².